The SMILES string of the molecule is CCCOCCC(CBr)Cc1ccccc1C. The molecule has 1 unspecified atom stereocenters. The molecule has 96 valence electrons. The third-order valence-electron chi connectivity index (χ3n) is 3.01. The average Bonchev–Trinajstić information content (AvgIpc) is 2.35. The minimum absolute atomic E-state index is 0.674. The fourth-order valence-electron chi connectivity index (χ4n) is 1.88. The van der Waals surface area contributed by atoms with Crippen molar-refractivity contribution in [2.24, 2.45) is 5.92 Å². The predicted octanol–water partition coefficient (Wildman–Crippen LogP) is 4.37. The molecule has 0 aliphatic carbocycles. The quantitative estimate of drug-likeness (QED) is 0.512. The molecule has 0 aliphatic heterocycles. The number of benzene rings is 1. The summed E-state index contributed by atoms with van der Waals surface area (Å²) >= 11 is 3.61. The second kappa shape index (κ2) is 8.71. The Hall–Kier alpha value is -0.340. The highest BCUT2D eigenvalue weighted by atomic mass is 79.9. The van der Waals surface area contributed by atoms with E-state index >= 15 is 0 Å². The lowest BCUT2D eigenvalue weighted by Crippen LogP contribution is -2.11. The van der Waals surface area contributed by atoms with Gasteiger partial charge in [-0.3, -0.25) is 0 Å². The molecular formula is C15H23BrO. The summed E-state index contributed by atoms with van der Waals surface area (Å²) in [6.45, 7) is 6.11. The lowest BCUT2D eigenvalue weighted by molar-refractivity contribution is 0.123. The summed E-state index contributed by atoms with van der Waals surface area (Å²) in [7, 11) is 0. The van der Waals surface area contributed by atoms with E-state index in [-0.39, 0.29) is 0 Å². The van der Waals surface area contributed by atoms with Crippen LogP contribution in [0.3, 0.4) is 0 Å². The van der Waals surface area contributed by atoms with Gasteiger partial charge in [-0.15, -0.1) is 0 Å². The molecule has 0 amide bonds. The van der Waals surface area contributed by atoms with Crippen LogP contribution in [-0.2, 0) is 11.2 Å². The van der Waals surface area contributed by atoms with Gasteiger partial charge < -0.3 is 4.74 Å². The maximum atomic E-state index is 5.56. The van der Waals surface area contributed by atoms with Crippen molar-refractivity contribution in [2.75, 3.05) is 18.5 Å². The van der Waals surface area contributed by atoms with Crippen LogP contribution in [0.5, 0.6) is 0 Å². The smallest absolute Gasteiger partial charge is 0.0469 e. The largest absolute Gasteiger partial charge is 0.381 e. The first-order chi connectivity index (χ1) is 8.27. The van der Waals surface area contributed by atoms with E-state index in [1.54, 1.807) is 0 Å². The molecule has 1 nitrogen and oxygen atoms in total. The molecule has 0 spiro atoms. The second-order valence-corrected chi connectivity index (χ2v) is 5.20. The minimum Gasteiger partial charge on any atom is -0.381 e. The van der Waals surface area contributed by atoms with Crippen LogP contribution in [0.2, 0.25) is 0 Å². The van der Waals surface area contributed by atoms with Crippen molar-refractivity contribution in [3.05, 3.63) is 35.4 Å². The molecular weight excluding hydrogens is 276 g/mol. The van der Waals surface area contributed by atoms with Gasteiger partial charge in [-0.2, -0.15) is 0 Å². The number of alkyl halides is 1. The Balaban J connectivity index is 2.38. The summed E-state index contributed by atoms with van der Waals surface area (Å²) in [5.74, 6) is 0.674. The summed E-state index contributed by atoms with van der Waals surface area (Å²) in [6, 6.07) is 8.65. The zero-order valence-electron chi connectivity index (χ0n) is 10.9. The first-order valence-corrected chi connectivity index (χ1v) is 7.58. The van der Waals surface area contributed by atoms with Gasteiger partial charge in [0.1, 0.15) is 0 Å². The zero-order chi connectivity index (χ0) is 12.5. The number of rotatable bonds is 8. The number of hydrogen-bond donors (Lipinski definition) is 0. The third-order valence-corrected chi connectivity index (χ3v) is 3.92. The Bertz CT molecular complexity index is 312. The summed E-state index contributed by atoms with van der Waals surface area (Å²) in [4.78, 5) is 0. The van der Waals surface area contributed by atoms with Crippen molar-refractivity contribution in [3.63, 3.8) is 0 Å². The molecule has 0 aliphatic rings. The summed E-state index contributed by atoms with van der Waals surface area (Å²) in [5.41, 5.74) is 2.86. The maximum absolute atomic E-state index is 5.56. The minimum atomic E-state index is 0.674. The molecule has 0 saturated heterocycles. The van der Waals surface area contributed by atoms with Crippen molar-refractivity contribution in [1.82, 2.24) is 0 Å². The molecule has 17 heavy (non-hydrogen) atoms. The van der Waals surface area contributed by atoms with E-state index in [9.17, 15) is 0 Å². The topological polar surface area (TPSA) is 9.23 Å². The van der Waals surface area contributed by atoms with E-state index in [4.69, 9.17) is 4.74 Å². The molecule has 0 radical (unpaired) electrons. The molecule has 1 atom stereocenters. The van der Waals surface area contributed by atoms with Gasteiger partial charge in [0.2, 0.25) is 0 Å². The van der Waals surface area contributed by atoms with Crippen LogP contribution in [0.25, 0.3) is 0 Å². The predicted molar refractivity (Wildman–Crippen MR) is 77.9 cm³/mol. The van der Waals surface area contributed by atoms with Crippen LogP contribution in [-0.4, -0.2) is 18.5 Å². The number of halogens is 1. The molecule has 0 saturated carbocycles. The van der Waals surface area contributed by atoms with Crippen LogP contribution < -0.4 is 0 Å². The van der Waals surface area contributed by atoms with Gasteiger partial charge in [0.15, 0.2) is 0 Å². The van der Waals surface area contributed by atoms with E-state index in [0.29, 0.717) is 5.92 Å². The molecule has 1 aromatic carbocycles. The fraction of sp³-hybridized carbons (Fsp3) is 0.600. The van der Waals surface area contributed by atoms with Crippen molar-refractivity contribution in [1.29, 1.82) is 0 Å². The Morgan fingerprint density at radius 3 is 2.65 bits per heavy atom. The summed E-state index contributed by atoms with van der Waals surface area (Å²) < 4.78 is 5.56. The maximum Gasteiger partial charge on any atom is 0.0469 e. The first kappa shape index (κ1) is 14.7. The fourth-order valence-corrected chi connectivity index (χ4v) is 2.43. The van der Waals surface area contributed by atoms with Gasteiger partial charge in [-0.25, -0.2) is 0 Å². The van der Waals surface area contributed by atoms with E-state index < -0.39 is 0 Å². The number of aryl methyl sites for hydroxylation is 1. The van der Waals surface area contributed by atoms with Crippen molar-refractivity contribution < 1.29 is 4.74 Å². The lowest BCUT2D eigenvalue weighted by Gasteiger charge is -2.15. The van der Waals surface area contributed by atoms with Gasteiger partial charge in [0.05, 0.1) is 0 Å². The molecule has 0 aromatic heterocycles. The van der Waals surface area contributed by atoms with Crippen molar-refractivity contribution in [2.45, 2.75) is 33.1 Å². The summed E-state index contributed by atoms with van der Waals surface area (Å²) in [6.07, 6.45) is 3.39. The van der Waals surface area contributed by atoms with E-state index in [0.717, 1.165) is 37.8 Å². The van der Waals surface area contributed by atoms with E-state index in [2.05, 4.69) is 54.0 Å². The van der Waals surface area contributed by atoms with Gasteiger partial charge in [0.25, 0.3) is 0 Å². The average molecular weight is 299 g/mol. The highest BCUT2D eigenvalue weighted by Crippen LogP contribution is 2.17. The highest BCUT2D eigenvalue weighted by Gasteiger charge is 2.09. The molecule has 1 rings (SSSR count). The standard InChI is InChI=1S/C15H23BrO/c1-3-9-17-10-8-14(12-16)11-15-7-5-4-6-13(15)2/h4-7,14H,3,8-12H2,1-2H3. The number of hydrogen-bond acceptors (Lipinski definition) is 1. The molecule has 0 bridgehead atoms. The molecule has 2 heteroatoms. The first-order valence-electron chi connectivity index (χ1n) is 6.46. The van der Waals surface area contributed by atoms with Crippen molar-refractivity contribution >= 4 is 15.9 Å². The van der Waals surface area contributed by atoms with Crippen LogP contribution in [0.4, 0.5) is 0 Å². The Labute approximate surface area is 114 Å². The van der Waals surface area contributed by atoms with E-state index in [1.165, 1.54) is 11.1 Å². The van der Waals surface area contributed by atoms with Crippen LogP contribution in [0.1, 0.15) is 30.9 Å². The Kier molecular flexibility index (Phi) is 7.54. The lowest BCUT2D eigenvalue weighted by atomic mass is 9.95. The highest BCUT2D eigenvalue weighted by molar-refractivity contribution is 9.09. The molecule has 1 aromatic rings. The van der Waals surface area contributed by atoms with Gasteiger partial charge in [0, 0.05) is 18.5 Å². The summed E-state index contributed by atoms with van der Waals surface area (Å²) in [5, 5.41) is 1.05. The van der Waals surface area contributed by atoms with Gasteiger partial charge in [-0.1, -0.05) is 47.1 Å². The Morgan fingerprint density at radius 1 is 1.24 bits per heavy atom. The molecule has 0 heterocycles. The second-order valence-electron chi connectivity index (χ2n) is 4.55. The normalized spacial score (nSPS) is 12.6. The van der Waals surface area contributed by atoms with Gasteiger partial charge >= 0.3 is 0 Å². The van der Waals surface area contributed by atoms with Crippen LogP contribution in [0, 0.1) is 12.8 Å². The number of ether oxygens (including phenoxy) is 1. The van der Waals surface area contributed by atoms with E-state index in [1.807, 2.05) is 0 Å². The van der Waals surface area contributed by atoms with Crippen LogP contribution >= 0.6 is 15.9 Å². The monoisotopic (exact) mass is 298 g/mol. The zero-order valence-corrected chi connectivity index (χ0v) is 12.5. The molecule has 0 fully saturated rings. The van der Waals surface area contributed by atoms with Gasteiger partial charge in [-0.05, 0) is 43.2 Å². The van der Waals surface area contributed by atoms with Crippen molar-refractivity contribution in [3.8, 4) is 0 Å². The van der Waals surface area contributed by atoms with Crippen LogP contribution in [0.15, 0.2) is 24.3 Å². The third kappa shape index (κ3) is 5.69. The molecule has 0 N–H and O–H groups in total. The Morgan fingerprint density at radius 2 is 2.00 bits per heavy atom.